The van der Waals surface area contributed by atoms with Crippen molar-refractivity contribution in [2.45, 2.75) is 64.6 Å². The first-order valence-corrected chi connectivity index (χ1v) is 6.68. The van der Waals surface area contributed by atoms with Gasteiger partial charge in [-0.1, -0.05) is 13.8 Å². The van der Waals surface area contributed by atoms with Gasteiger partial charge in [0.15, 0.2) is 0 Å². The van der Waals surface area contributed by atoms with Gasteiger partial charge in [-0.2, -0.15) is 0 Å². The summed E-state index contributed by atoms with van der Waals surface area (Å²) in [6.07, 6.45) is 3.83. The highest BCUT2D eigenvalue weighted by Gasteiger charge is 2.34. The third kappa shape index (κ3) is 3.19. The van der Waals surface area contributed by atoms with Crippen molar-refractivity contribution in [3.8, 4) is 0 Å². The van der Waals surface area contributed by atoms with Crippen molar-refractivity contribution >= 4 is 0 Å². The van der Waals surface area contributed by atoms with Crippen molar-refractivity contribution in [3.05, 3.63) is 0 Å². The molecule has 1 aliphatic heterocycles. The Labute approximate surface area is 100 Å². The second-order valence-corrected chi connectivity index (χ2v) is 5.41. The molecule has 0 radical (unpaired) electrons. The van der Waals surface area contributed by atoms with Gasteiger partial charge in [0.1, 0.15) is 0 Å². The number of nitrogens with zero attached hydrogens (tertiary/aromatic N) is 1. The third-order valence-electron chi connectivity index (χ3n) is 3.91. The van der Waals surface area contributed by atoms with Crippen LogP contribution >= 0.6 is 0 Å². The summed E-state index contributed by atoms with van der Waals surface area (Å²) in [7, 11) is 0. The first-order valence-electron chi connectivity index (χ1n) is 6.68. The lowest BCUT2D eigenvalue weighted by atomic mass is 10.0. The maximum absolute atomic E-state index is 9.53. The van der Waals surface area contributed by atoms with E-state index >= 15 is 0 Å². The maximum atomic E-state index is 9.53. The average molecular weight is 228 g/mol. The summed E-state index contributed by atoms with van der Waals surface area (Å²) in [5.74, 6) is 0. The molecule has 0 amide bonds. The minimum atomic E-state index is -0.152. The number of hydrogen-bond donors (Lipinski definition) is 2. The van der Waals surface area contributed by atoms with Crippen molar-refractivity contribution < 1.29 is 5.11 Å². The molecule has 1 fully saturated rings. The Kier molecular flexibility index (Phi) is 5.22. The van der Waals surface area contributed by atoms with Crippen LogP contribution < -0.4 is 5.32 Å². The highest BCUT2D eigenvalue weighted by Crippen LogP contribution is 2.27. The van der Waals surface area contributed by atoms with E-state index in [9.17, 15) is 5.11 Å². The summed E-state index contributed by atoms with van der Waals surface area (Å²) in [5, 5.41) is 12.9. The molecule has 0 aromatic carbocycles. The normalized spacial score (nSPS) is 30.6. The summed E-state index contributed by atoms with van der Waals surface area (Å²) < 4.78 is 0. The molecular weight excluding hydrogens is 200 g/mol. The Morgan fingerprint density at radius 1 is 1.38 bits per heavy atom. The van der Waals surface area contributed by atoms with Crippen LogP contribution in [0.15, 0.2) is 0 Å². The zero-order valence-corrected chi connectivity index (χ0v) is 11.3. The van der Waals surface area contributed by atoms with Crippen molar-refractivity contribution in [2.24, 2.45) is 0 Å². The lowest BCUT2D eigenvalue weighted by Crippen LogP contribution is -2.56. The molecule has 3 unspecified atom stereocenters. The van der Waals surface area contributed by atoms with Crippen LogP contribution in [0.25, 0.3) is 0 Å². The maximum Gasteiger partial charge on any atom is 0.0623 e. The van der Waals surface area contributed by atoms with E-state index in [1.807, 2.05) is 0 Å². The molecule has 1 saturated heterocycles. The van der Waals surface area contributed by atoms with Crippen LogP contribution in [0.2, 0.25) is 0 Å². The van der Waals surface area contributed by atoms with Crippen LogP contribution in [0.5, 0.6) is 0 Å². The van der Waals surface area contributed by atoms with Crippen LogP contribution in [0.4, 0.5) is 0 Å². The van der Waals surface area contributed by atoms with Crippen molar-refractivity contribution in [1.82, 2.24) is 10.2 Å². The molecule has 2 N–H and O–H groups in total. The molecule has 1 aliphatic rings. The Balaban J connectivity index is 2.62. The van der Waals surface area contributed by atoms with Gasteiger partial charge < -0.3 is 10.4 Å². The predicted octanol–water partition coefficient (Wildman–Crippen LogP) is 1.61. The molecule has 1 rings (SSSR count). The minimum Gasteiger partial charge on any atom is -0.394 e. The second kappa shape index (κ2) is 5.99. The quantitative estimate of drug-likeness (QED) is 0.725. The Morgan fingerprint density at radius 3 is 2.56 bits per heavy atom. The highest BCUT2D eigenvalue weighted by molar-refractivity contribution is 4.93. The number of aliphatic hydroxyl groups is 1. The summed E-state index contributed by atoms with van der Waals surface area (Å²) in [4.78, 5) is 2.57. The van der Waals surface area contributed by atoms with E-state index in [1.54, 1.807) is 0 Å². The fraction of sp³-hybridized carbons (Fsp3) is 1.00. The molecule has 16 heavy (non-hydrogen) atoms. The molecule has 0 aliphatic carbocycles. The third-order valence-corrected chi connectivity index (χ3v) is 3.91. The van der Waals surface area contributed by atoms with Gasteiger partial charge in [-0.25, -0.2) is 0 Å². The van der Waals surface area contributed by atoms with Gasteiger partial charge in [0.05, 0.1) is 12.1 Å². The predicted molar refractivity (Wildman–Crippen MR) is 68.6 cm³/mol. The van der Waals surface area contributed by atoms with E-state index < -0.39 is 0 Å². The molecular formula is C13H28N2O. The van der Waals surface area contributed by atoms with Gasteiger partial charge in [0, 0.05) is 18.6 Å². The fourth-order valence-corrected chi connectivity index (χ4v) is 2.84. The van der Waals surface area contributed by atoms with Crippen LogP contribution in [0, 0.1) is 0 Å². The smallest absolute Gasteiger partial charge is 0.0623 e. The molecule has 3 nitrogen and oxygen atoms in total. The lowest BCUT2D eigenvalue weighted by Gasteiger charge is -2.37. The van der Waals surface area contributed by atoms with Crippen LogP contribution in [0.3, 0.4) is 0 Å². The van der Waals surface area contributed by atoms with Crippen molar-refractivity contribution in [2.75, 3.05) is 19.7 Å². The minimum absolute atomic E-state index is 0.152. The van der Waals surface area contributed by atoms with Gasteiger partial charge in [-0.15, -0.1) is 0 Å². The molecule has 3 heteroatoms. The standard InChI is InChI=1S/C13H28N2O/c1-5-12-8-7-11(3)15(12)9-13(4,10-16)14-6-2/h11-12,14,16H,5-10H2,1-4H3. The monoisotopic (exact) mass is 228 g/mol. The number of likely N-dealkylation sites (N-methyl/N-ethyl adjacent to an activating group) is 1. The molecule has 0 spiro atoms. The SMILES string of the molecule is CCNC(C)(CO)CN1C(C)CCC1CC. The van der Waals surface area contributed by atoms with Crippen molar-refractivity contribution in [1.29, 1.82) is 0 Å². The molecule has 0 saturated carbocycles. The Bertz CT molecular complexity index is 210. The van der Waals surface area contributed by atoms with Crippen LogP contribution in [-0.4, -0.2) is 47.3 Å². The topological polar surface area (TPSA) is 35.5 Å². The number of aliphatic hydroxyl groups excluding tert-OH is 1. The molecule has 1 heterocycles. The largest absolute Gasteiger partial charge is 0.394 e. The Morgan fingerprint density at radius 2 is 2.06 bits per heavy atom. The second-order valence-electron chi connectivity index (χ2n) is 5.41. The molecule has 0 aromatic heterocycles. The first kappa shape index (κ1) is 13.9. The van der Waals surface area contributed by atoms with E-state index in [1.165, 1.54) is 19.3 Å². The van der Waals surface area contributed by atoms with Gasteiger partial charge in [-0.05, 0) is 39.7 Å². The number of rotatable bonds is 6. The van der Waals surface area contributed by atoms with E-state index in [-0.39, 0.29) is 12.1 Å². The Hall–Kier alpha value is -0.120. The zero-order valence-electron chi connectivity index (χ0n) is 11.3. The highest BCUT2D eigenvalue weighted by atomic mass is 16.3. The lowest BCUT2D eigenvalue weighted by molar-refractivity contribution is 0.0947. The molecule has 0 aromatic rings. The fourth-order valence-electron chi connectivity index (χ4n) is 2.84. The average Bonchev–Trinajstić information content (AvgIpc) is 2.60. The summed E-state index contributed by atoms with van der Waals surface area (Å²) >= 11 is 0. The molecule has 96 valence electrons. The van der Waals surface area contributed by atoms with E-state index in [4.69, 9.17) is 0 Å². The number of hydrogen-bond acceptors (Lipinski definition) is 3. The first-order chi connectivity index (χ1) is 7.56. The van der Waals surface area contributed by atoms with Crippen molar-refractivity contribution in [3.63, 3.8) is 0 Å². The van der Waals surface area contributed by atoms with E-state index in [0.717, 1.165) is 13.1 Å². The molecule has 3 atom stereocenters. The summed E-state index contributed by atoms with van der Waals surface area (Å²) in [5.41, 5.74) is -0.152. The number of nitrogens with one attached hydrogen (secondary N) is 1. The van der Waals surface area contributed by atoms with Gasteiger partial charge >= 0.3 is 0 Å². The van der Waals surface area contributed by atoms with Gasteiger partial charge in [0.2, 0.25) is 0 Å². The van der Waals surface area contributed by atoms with E-state index in [2.05, 4.69) is 37.9 Å². The number of likely N-dealkylation sites (tertiary alicyclic amines) is 1. The van der Waals surface area contributed by atoms with Gasteiger partial charge in [-0.3, -0.25) is 4.90 Å². The summed E-state index contributed by atoms with van der Waals surface area (Å²) in [6.45, 7) is 10.9. The molecule has 0 bridgehead atoms. The summed E-state index contributed by atoms with van der Waals surface area (Å²) in [6, 6.07) is 1.37. The zero-order chi connectivity index (χ0) is 12.2. The van der Waals surface area contributed by atoms with E-state index in [0.29, 0.717) is 12.1 Å². The van der Waals surface area contributed by atoms with Crippen LogP contribution in [-0.2, 0) is 0 Å². The van der Waals surface area contributed by atoms with Gasteiger partial charge in [0.25, 0.3) is 0 Å². The van der Waals surface area contributed by atoms with Crippen LogP contribution in [0.1, 0.15) is 47.0 Å².